The van der Waals surface area contributed by atoms with Crippen LogP contribution >= 0.6 is 0 Å². The van der Waals surface area contributed by atoms with Crippen molar-refractivity contribution in [2.24, 2.45) is 0 Å². The molecule has 4 heteroatoms. The maximum Gasteiger partial charge on any atom is 0.252 e. The SMILES string of the molecule is CC(C)(C)NC(=O)c1cc(N)nc2ccccc12. The van der Waals surface area contributed by atoms with Gasteiger partial charge in [-0.2, -0.15) is 0 Å². The molecule has 0 fully saturated rings. The number of amides is 1. The molecule has 0 atom stereocenters. The number of rotatable bonds is 1. The van der Waals surface area contributed by atoms with Crippen molar-refractivity contribution in [3.05, 3.63) is 35.9 Å². The highest BCUT2D eigenvalue weighted by Crippen LogP contribution is 2.19. The number of hydrogen-bond donors (Lipinski definition) is 2. The minimum absolute atomic E-state index is 0.132. The fraction of sp³-hybridized carbons (Fsp3) is 0.286. The van der Waals surface area contributed by atoms with E-state index in [4.69, 9.17) is 5.73 Å². The second-order valence-electron chi connectivity index (χ2n) is 5.32. The Kier molecular flexibility index (Phi) is 2.95. The molecule has 1 amide bonds. The molecule has 0 unspecified atom stereocenters. The lowest BCUT2D eigenvalue weighted by atomic mass is 10.0. The third-order valence-corrected chi connectivity index (χ3v) is 2.47. The molecule has 1 aromatic heterocycles. The molecule has 18 heavy (non-hydrogen) atoms. The van der Waals surface area contributed by atoms with Gasteiger partial charge < -0.3 is 11.1 Å². The van der Waals surface area contributed by atoms with E-state index >= 15 is 0 Å². The van der Waals surface area contributed by atoms with Crippen molar-refractivity contribution in [1.82, 2.24) is 10.3 Å². The largest absolute Gasteiger partial charge is 0.384 e. The highest BCUT2D eigenvalue weighted by atomic mass is 16.1. The molecule has 1 aromatic carbocycles. The van der Waals surface area contributed by atoms with Crippen LogP contribution in [0, 0.1) is 0 Å². The number of para-hydroxylation sites is 1. The fourth-order valence-corrected chi connectivity index (χ4v) is 1.79. The van der Waals surface area contributed by atoms with Gasteiger partial charge in [-0.1, -0.05) is 18.2 Å². The molecule has 94 valence electrons. The number of aromatic nitrogens is 1. The van der Waals surface area contributed by atoms with Crippen LogP contribution in [0.3, 0.4) is 0 Å². The molecule has 2 rings (SSSR count). The fourth-order valence-electron chi connectivity index (χ4n) is 1.79. The van der Waals surface area contributed by atoms with Crippen LogP contribution in [-0.2, 0) is 0 Å². The van der Waals surface area contributed by atoms with Crippen molar-refractivity contribution in [1.29, 1.82) is 0 Å². The van der Waals surface area contributed by atoms with Crippen molar-refractivity contribution in [2.45, 2.75) is 26.3 Å². The van der Waals surface area contributed by atoms with Gasteiger partial charge in [0.1, 0.15) is 5.82 Å². The third kappa shape index (κ3) is 2.59. The molecule has 1 heterocycles. The Morgan fingerprint density at radius 1 is 1.28 bits per heavy atom. The zero-order chi connectivity index (χ0) is 13.3. The van der Waals surface area contributed by atoms with Crippen LogP contribution in [0.5, 0.6) is 0 Å². The van der Waals surface area contributed by atoms with Gasteiger partial charge in [-0.3, -0.25) is 4.79 Å². The summed E-state index contributed by atoms with van der Waals surface area (Å²) in [6, 6.07) is 9.09. The molecule has 4 nitrogen and oxygen atoms in total. The molecule has 0 aliphatic heterocycles. The number of anilines is 1. The summed E-state index contributed by atoms with van der Waals surface area (Å²) in [5.74, 6) is 0.223. The molecule has 0 aliphatic rings. The quantitative estimate of drug-likeness (QED) is 0.807. The Morgan fingerprint density at radius 2 is 1.94 bits per heavy atom. The van der Waals surface area contributed by atoms with E-state index in [2.05, 4.69) is 10.3 Å². The Balaban J connectivity index is 2.53. The van der Waals surface area contributed by atoms with Gasteiger partial charge in [-0.05, 0) is 32.9 Å². The first-order valence-corrected chi connectivity index (χ1v) is 5.84. The van der Waals surface area contributed by atoms with Gasteiger partial charge in [0.25, 0.3) is 5.91 Å². The molecule has 3 N–H and O–H groups in total. The minimum Gasteiger partial charge on any atom is -0.384 e. The van der Waals surface area contributed by atoms with Crippen LogP contribution in [0.15, 0.2) is 30.3 Å². The molecule has 0 radical (unpaired) electrons. The third-order valence-electron chi connectivity index (χ3n) is 2.47. The van der Waals surface area contributed by atoms with Gasteiger partial charge in [0.05, 0.1) is 11.1 Å². The molecule has 0 spiro atoms. The first-order valence-electron chi connectivity index (χ1n) is 5.84. The van der Waals surface area contributed by atoms with E-state index in [-0.39, 0.29) is 11.4 Å². The zero-order valence-corrected chi connectivity index (χ0v) is 10.8. The van der Waals surface area contributed by atoms with E-state index in [9.17, 15) is 4.79 Å². The van der Waals surface area contributed by atoms with Gasteiger partial charge in [0.15, 0.2) is 0 Å². The highest BCUT2D eigenvalue weighted by Gasteiger charge is 2.17. The summed E-state index contributed by atoms with van der Waals surface area (Å²) >= 11 is 0. The maximum atomic E-state index is 12.2. The summed E-state index contributed by atoms with van der Waals surface area (Å²) in [5.41, 5.74) is 6.75. The average molecular weight is 243 g/mol. The summed E-state index contributed by atoms with van der Waals surface area (Å²) in [6.07, 6.45) is 0. The van der Waals surface area contributed by atoms with Crippen molar-refractivity contribution in [3.8, 4) is 0 Å². The monoisotopic (exact) mass is 243 g/mol. The number of nitrogens with zero attached hydrogens (tertiary/aromatic N) is 1. The van der Waals surface area contributed by atoms with Crippen LogP contribution in [0.2, 0.25) is 0 Å². The predicted octanol–water partition coefficient (Wildman–Crippen LogP) is 2.35. The number of fused-ring (bicyclic) bond motifs is 1. The summed E-state index contributed by atoms with van der Waals surface area (Å²) in [7, 11) is 0. The number of pyridine rings is 1. The van der Waals surface area contributed by atoms with Gasteiger partial charge >= 0.3 is 0 Å². The smallest absolute Gasteiger partial charge is 0.252 e. The van der Waals surface area contributed by atoms with Crippen LogP contribution in [0.1, 0.15) is 31.1 Å². The van der Waals surface area contributed by atoms with Crippen molar-refractivity contribution >= 4 is 22.6 Å². The normalized spacial score (nSPS) is 11.5. The number of nitrogen functional groups attached to an aromatic ring is 1. The number of carbonyl (C=O) groups is 1. The Morgan fingerprint density at radius 3 is 2.61 bits per heavy atom. The van der Waals surface area contributed by atoms with E-state index < -0.39 is 0 Å². The molecule has 2 aromatic rings. The van der Waals surface area contributed by atoms with Gasteiger partial charge in [0.2, 0.25) is 0 Å². The van der Waals surface area contributed by atoms with Crippen LogP contribution < -0.4 is 11.1 Å². The van der Waals surface area contributed by atoms with Crippen molar-refractivity contribution in [2.75, 3.05) is 5.73 Å². The van der Waals surface area contributed by atoms with Crippen molar-refractivity contribution in [3.63, 3.8) is 0 Å². The Hall–Kier alpha value is -2.10. The minimum atomic E-state index is -0.282. The molecule has 0 bridgehead atoms. The summed E-state index contributed by atoms with van der Waals surface area (Å²) in [6.45, 7) is 5.83. The lowest BCUT2D eigenvalue weighted by Gasteiger charge is -2.21. The number of nitrogens with two attached hydrogens (primary N) is 1. The lowest BCUT2D eigenvalue weighted by Crippen LogP contribution is -2.40. The van der Waals surface area contributed by atoms with Gasteiger partial charge in [0, 0.05) is 10.9 Å². The summed E-state index contributed by atoms with van der Waals surface area (Å²) < 4.78 is 0. The van der Waals surface area contributed by atoms with Gasteiger partial charge in [-0.15, -0.1) is 0 Å². The zero-order valence-electron chi connectivity index (χ0n) is 10.8. The standard InChI is InChI=1S/C14H17N3O/c1-14(2,3)17-13(18)10-8-12(15)16-11-7-5-4-6-9(10)11/h4-8H,1-3H3,(H2,15,16)(H,17,18). The predicted molar refractivity (Wildman–Crippen MR) is 73.4 cm³/mol. The Bertz CT molecular complexity index is 600. The number of nitrogens with one attached hydrogen (secondary N) is 1. The lowest BCUT2D eigenvalue weighted by molar-refractivity contribution is 0.0921. The Labute approximate surface area is 106 Å². The average Bonchev–Trinajstić information content (AvgIpc) is 2.25. The molecular weight excluding hydrogens is 226 g/mol. The van der Waals surface area contributed by atoms with E-state index in [1.165, 1.54) is 0 Å². The van der Waals surface area contributed by atoms with Crippen LogP contribution in [-0.4, -0.2) is 16.4 Å². The van der Waals surface area contributed by atoms with Crippen LogP contribution in [0.25, 0.3) is 10.9 Å². The van der Waals surface area contributed by atoms with Crippen molar-refractivity contribution < 1.29 is 4.79 Å². The van der Waals surface area contributed by atoms with E-state index in [1.807, 2.05) is 45.0 Å². The topological polar surface area (TPSA) is 68.0 Å². The van der Waals surface area contributed by atoms with Gasteiger partial charge in [-0.25, -0.2) is 4.98 Å². The molecule has 0 aliphatic carbocycles. The van der Waals surface area contributed by atoms with E-state index in [0.29, 0.717) is 11.4 Å². The van der Waals surface area contributed by atoms with E-state index in [1.54, 1.807) is 6.07 Å². The first-order chi connectivity index (χ1) is 8.37. The molecule has 0 saturated carbocycles. The molecule has 0 saturated heterocycles. The molecular formula is C14H17N3O. The number of hydrogen-bond acceptors (Lipinski definition) is 3. The first kappa shape index (κ1) is 12.4. The van der Waals surface area contributed by atoms with E-state index in [0.717, 1.165) is 10.9 Å². The number of carbonyl (C=O) groups excluding carboxylic acids is 1. The number of benzene rings is 1. The second kappa shape index (κ2) is 4.29. The second-order valence-corrected chi connectivity index (χ2v) is 5.32. The summed E-state index contributed by atoms with van der Waals surface area (Å²) in [4.78, 5) is 16.4. The summed E-state index contributed by atoms with van der Waals surface area (Å²) in [5, 5.41) is 3.75. The van der Waals surface area contributed by atoms with Crippen LogP contribution in [0.4, 0.5) is 5.82 Å². The maximum absolute atomic E-state index is 12.2. The highest BCUT2D eigenvalue weighted by molar-refractivity contribution is 6.07.